The van der Waals surface area contributed by atoms with Crippen molar-refractivity contribution in [2.45, 2.75) is 38.7 Å². The zero-order chi connectivity index (χ0) is 13.8. The number of carbonyl (C=O) groups is 1. The SMILES string of the molecule is CC(C)(C)OC(=O)NCC(C)(CN)c1ncc[nH]1. The number of nitrogens with one attached hydrogen (secondary N) is 2. The smallest absolute Gasteiger partial charge is 0.407 e. The van der Waals surface area contributed by atoms with Gasteiger partial charge in [-0.1, -0.05) is 0 Å². The van der Waals surface area contributed by atoms with Gasteiger partial charge in [0.15, 0.2) is 0 Å². The molecule has 6 nitrogen and oxygen atoms in total. The zero-order valence-electron chi connectivity index (χ0n) is 11.4. The van der Waals surface area contributed by atoms with Gasteiger partial charge in [0.1, 0.15) is 11.4 Å². The molecule has 0 saturated heterocycles. The molecule has 1 amide bonds. The van der Waals surface area contributed by atoms with Gasteiger partial charge in [-0.15, -0.1) is 0 Å². The molecular formula is C12H22N4O2. The number of H-pyrrole nitrogens is 1. The van der Waals surface area contributed by atoms with Gasteiger partial charge in [0, 0.05) is 25.5 Å². The van der Waals surface area contributed by atoms with Gasteiger partial charge in [-0.25, -0.2) is 9.78 Å². The predicted molar refractivity (Wildman–Crippen MR) is 69.2 cm³/mol. The second kappa shape index (κ2) is 5.39. The van der Waals surface area contributed by atoms with Gasteiger partial charge in [-0.2, -0.15) is 0 Å². The van der Waals surface area contributed by atoms with E-state index < -0.39 is 17.1 Å². The third-order valence-electron chi connectivity index (χ3n) is 2.54. The molecule has 1 aromatic heterocycles. The number of nitrogens with zero attached hydrogens (tertiary/aromatic N) is 1. The van der Waals surface area contributed by atoms with Crippen LogP contribution in [-0.2, 0) is 10.2 Å². The highest BCUT2D eigenvalue weighted by molar-refractivity contribution is 5.67. The van der Waals surface area contributed by atoms with E-state index in [0.717, 1.165) is 5.82 Å². The van der Waals surface area contributed by atoms with Crippen molar-refractivity contribution in [2.75, 3.05) is 13.1 Å². The molecular weight excluding hydrogens is 232 g/mol. The van der Waals surface area contributed by atoms with Gasteiger partial charge in [0.2, 0.25) is 0 Å². The fourth-order valence-corrected chi connectivity index (χ4v) is 1.43. The molecule has 0 radical (unpaired) electrons. The maximum Gasteiger partial charge on any atom is 0.407 e. The Morgan fingerprint density at radius 2 is 2.17 bits per heavy atom. The number of amides is 1. The highest BCUT2D eigenvalue weighted by atomic mass is 16.6. The van der Waals surface area contributed by atoms with Crippen molar-refractivity contribution in [3.8, 4) is 0 Å². The number of rotatable bonds is 4. The third-order valence-corrected chi connectivity index (χ3v) is 2.54. The first-order valence-electron chi connectivity index (χ1n) is 5.94. The quantitative estimate of drug-likeness (QED) is 0.751. The van der Waals surface area contributed by atoms with Crippen LogP contribution in [-0.4, -0.2) is 34.8 Å². The molecule has 1 aromatic rings. The molecule has 1 atom stereocenters. The number of imidazole rings is 1. The van der Waals surface area contributed by atoms with Crippen LogP contribution in [0.3, 0.4) is 0 Å². The van der Waals surface area contributed by atoms with E-state index in [-0.39, 0.29) is 0 Å². The van der Waals surface area contributed by atoms with E-state index in [0.29, 0.717) is 13.1 Å². The van der Waals surface area contributed by atoms with Crippen LogP contribution in [0.1, 0.15) is 33.5 Å². The number of ether oxygens (including phenoxy) is 1. The van der Waals surface area contributed by atoms with Crippen molar-refractivity contribution < 1.29 is 9.53 Å². The first-order chi connectivity index (χ1) is 8.27. The monoisotopic (exact) mass is 254 g/mol. The van der Waals surface area contributed by atoms with Crippen LogP contribution in [0.15, 0.2) is 12.4 Å². The molecule has 6 heteroatoms. The maximum absolute atomic E-state index is 11.6. The average molecular weight is 254 g/mol. The minimum Gasteiger partial charge on any atom is -0.444 e. The summed E-state index contributed by atoms with van der Waals surface area (Å²) in [6, 6.07) is 0. The Kier molecular flexibility index (Phi) is 4.34. The van der Waals surface area contributed by atoms with Crippen LogP contribution in [0, 0.1) is 0 Å². The van der Waals surface area contributed by atoms with Crippen molar-refractivity contribution in [3.05, 3.63) is 18.2 Å². The number of carbonyl (C=O) groups excluding carboxylic acids is 1. The normalized spacial score (nSPS) is 14.9. The molecule has 0 spiro atoms. The lowest BCUT2D eigenvalue weighted by molar-refractivity contribution is 0.0516. The molecule has 0 aliphatic heterocycles. The van der Waals surface area contributed by atoms with E-state index in [2.05, 4.69) is 15.3 Å². The summed E-state index contributed by atoms with van der Waals surface area (Å²) in [5, 5.41) is 2.72. The largest absolute Gasteiger partial charge is 0.444 e. The Balaban J connectivity index is 2.58. The topological polar surface area (TPSA) is 93.0 Å². The van der Waals surface area contributed by atoms with Crippen molar-refractivity contribution >= 4 is 6.09 Å². The van der Waals surface area contributed by atoms with Gasteiger partial charge >= 0.3 is 6.09 Å². The fourth-order valence-electron chi connectivity index (χ4n) is 1.43. The van der Waals surface area contributed by atoms with Gasteiger partial charge in [-0.3, -0.25) is 0 Å². The molecule has 18 heavy (non-hydrogen) atoms. The molecule has 102 valence electrons. The zero-order valence-corrected chi connectivity index (χ0v) is 11.4. The van der Waals surface area contributed by atoms with Gasteiger partial charge in [0.25, 0.3) is 0 Å². The highest BCUT2D eigenvalue weighted by Gasteiger charge is 2.29. The molecule has 0 bridgehead atoms. The Morgan fingerprint density at radius 1 is 1.50 bits per heavy atom. The number of hydrogen-bond acceptors (Lipinski definition) is 4. The van der Waals surface area contributed by atoms with E-state index in [4.69, 9.17) is 10.5 Å². The summed E-state index contributed by atoms with van der Waals surface area (Å²) in [5.74, 6) is 0.751. The first-order valence-corrected chi connectivity index (χ1v) is 5.94. The van der Waals surface area contributed by atoms with Crippen LogP contribution in [0.25, 0.3) is 0 Å². The number of aromatic amines is 1. The molecule has 0 aliphatic carbocycles. The Morgan fingerprint density at radius 3 is 2.61 bits per heavy atom. The van der Waals surface area contributed by atoms with Gasteiger partial charge in [-0.05, 0) is 27.7 Å². The van der Waals surface area contributed by atoms with Crippen LogP contribution in [0.5, 0.6) is 0 Å². The van der Waals surface area contributed by atoms with Gasteiger partial charge < -0.3 is 20.8 Å². The van der Waals surface area contributed by atoms with E-state index in [1.807, 2.05) is 27.7 Å². The Bertz CT molecular complexity index is 383. The minimum absolute atomic E-state index is 0.367. The van der Waals surface area contributed by atoms with Crippen molar-refractivity contribution in [1.82, 2.24) is 15.3 Å². The van der Waals surface area contributed by atoms with Crippen LogP contribution < -0.4 is 11.1 Å². The van der Waals surface area contributed by atoms with Crippen molar-refractivity contribution in [1.29, 1.82) is 0 Å². The Labute approximate surface area is 107 Å². The van der Waals surface area contributed by atoms with Crippen LogP contribution in [0.2, 0.25) is 0 Å². The number of aromatic nitrogens is 2. The predicted octanol–water partition coefficient (Wildman–Crippen LogP) is 1.15. The van der Waals surface area contributed by atoms with E-state index in [1.165, 1.54) is 0 Å². The molecule has 4 N–H and O–H groups in total. The van der Waals surface area contributed by atoms with Crippen LogP contribution >= 0.6 is 0 Å². The van der Waals surface area contributed by atoms with Crippen LogP contribution in [0.4, 0.5) is 4.79 Å². The summed E-state index contributed by atoms with van der Waals surface area (Å²) in [4.78, 5) is 18.8. The number of nitrogens with two attached hydrogens (primary N) is 1. The Hall–Kier alpha value is -1.56. The average Bonchev–Trinajstić information content (AvgIpc) is 2.77. The molecule has 0 aromatic carbocycles. The molecule has 0 aliphatic rings. The summed E-state index contributed by atoms with van der Waals surface area (Å²) in [5.41, 5.74) is 4.82. The summed E-state index contributed by atoms with van der Waals surface area (Å²) < 4.78 is 5.17. The minimum atomic E-state index is -0.506. The number of hydrogen-bond donors (Lipinski definition) is 3. The second-order valence-corrected chi connectivity index (χ2v) is 5.56. The van der Waals surface area contributed by atoms with E-state index >= 15 is 0 Å². The molecule has 0 fully saturated rings. The maximum atomic E-state index is 11.6. The third kappa shape index (κ3) is 4.03. The van der Waals surface area contributed by atoms with Crippen molar-refractivity contribution in [3.63, 3.8) is 0 Å². The second-order valence-electron chi connectivity index (χ2n) is 5.56. The highest BCUT2D eigenvalue weighted by Crippen LogP contribution is 2.17. The lowest BCUT2D eigenvalue weighted by atomic mass is 9.90. The standard InChI is InChI=1S/C12H22N4O2/c1-11(2,3)18-10(17)16-8-12(4,7-13)9-14-5-6-15-9/h5-6H,7-8,13H2,1-4H3,(H,14,15)(H,16,17). The molecule has 1 rings (SSSR count). The lowest BCUT2D eigenvalue weighted by Gasteiger charge is -2.27. The summed E-state index contributed by atoms with van der Waals surface area (Å²) in [6.07, 6.45) is 2.95. The van der Waals surface area contributed by atoms with Crippen molar-refractivity contribution in [2.24, 2.45) is 5.73 Å². The van der Waals surface area contributed by atoms with E-state index in [1.54, 1.807) is 12.4 Å². The first kappa shape index (κ1) is 14.5. The summed E-state index contributed by atoms with van der Waals surface area (Å²) in [6.45, 7) is 8.13. The molecule has 0 saturated carbocycles. The number of alkyl carbamates (subject to hydrolysis) is 1. The molecule has 1 unspecified atom stereocenters. The van der Waals surface area contributed by atoms with Gasteiger partial charge in [0.05, 0.1) is 5.41 Å². The lowest BCUT2D eigenvalue weighted by Crippen LogP contribution is -2.45. The van der Waals surface area contributed by atoms with E-state index in [9.17, 15) is 4.79 Å². The summed E-state index contributed by atoms with van der Waals surface area (Å²) >= 11 is 0. The fraction of sp³-hybridized carbons (Fsp3) is 0.667. The molecule has 1 heterocycles. The summed E-state index contributed by atoms with van der Waals surface area (Å²) in [7, 11) is 0.